The highest BCUT2D eigenvalue weighted by Gasteiger charge is 2.16. The van der Waals surface area contributed by atoms with Crippen LogP contribution in [0.3, 0.4) is 0 Å². The first-order chi connectivity index (χ1) is 14.7. The van der Waals surface area contributed by atoms with Gasteiger partial charge in [-0.25, -0.2) is 8.42 Å². The second-order valence-electron chi connectivity index (χ2n) is 6.85. The minimum absolute atomic E-state index is 0.0544. The van der Waals surface area contributed by atoms with Gasteiger partial charge in [0.25, 0.3) is 0 Å². The number of likely N-dealkylation sites (N-methyl/N-ethyl adjacent to an activating group) is 1. The number of amides is 2. The third kappa shape index (κ3) is 7.60. The quantitative estimate of drug-likeness (QED) is 0.531. The molecule has 0 aliphatic carbocycles. The van der Waals surface area contributed by atoms with Crippen LogP contribution >= 0.6 is 0 Å². The molecule has 0 aromatic heterocycles. The highest BCUT2D eigenvalue weighted by Crippen LogP contribution is 2.23. The number of sulfone groups is 1. The largest absolute Gasteiger partial charge is 0.495 e. The van der Waals surface area contributed by atoms with E-state index in [4.69, 9.17) is 9.47 Å². The van der Waals surface area contributed by atoms with E-state index in [-0.39, 0.29) is 29.7 Å². The van der Waals surface area contributed by atoms with E-state index < -0.39 is 9.84 Å². The molecule has 2 aromatic rings. The van der Waals surface area contributed by atoms with Gasteiger partial charge in [0.2, 0.25) is 11.8 Å². The van der Waals surface area contributed by atoms with Gasteiger partial charge in [0.1, 0.15) is 11.5 Å². The molecule has 0 fully saturated rings. The van der Waals surface area contributed by atoms with Crippen molar-refractivity contribution in [1.82, 2.24) is 4.90 Å². The van der Waals surface area contributed by atoms with Gasteiger partial charge in [-0.1, -0.05) is 12.1 Å². The van der Waals surface area contributed by atoms with E-state index in [2.05, 4.69) is 5.32 Å². The zero-order valence-electron chi connectivity index (χ0n) is 18.0. The molecule has 9 heteroatoms. The topological polar surface area (TPSA) is 102 Å². The highest BCUT2D eigenvalue weighted by atomic mass is 32.2. The summed E-state index contributed by atoms with van der Waals surface area (Å²) in [7, 11) is -1.73. The number of nitrogens with one attached hydrogen (secondary N) is 1. The molecular formula is C22H28N2O6S. The Kier molecular flexibility index (Phi) is 8.87. The number of rotatable bonds is 11. The molecular weight excluding hydrogens is 420 g/mol. The summed E-state index contributed by atoms with van der Waals surface area (Å²) in [6, 6.07) is 13.2. The van der Waals surface area contributed by atoms with E-state index >= 15 is 0 Å². The molecule has 0 bridgehead atoms. The molecule has 2 rings (SSSR count). The summed E-state index contributed by atoms with van der Waals surface area (Å²) in [6.45, 7) is 2.47. The van der Waals surface area contributed by atoms with Crippen LogP contribution in [0.2, 0.25) is 0 Å². The third-order valence-corrected chi connectivity index (χ3v) is 5.63. The van der Waals surface area contributed by atoms with Crippen molar-refractivity contribution in [3.05, 3.63) is 48.5 Å². The Morgan fingerprint density at radius 1 is 1.06 bits per heavy atom. The summed E-state index contributed by atoms with van der Waals surface area (Å²) >= 11 is 0. The van der Waals surface area contributed by atoms with Crippen LogP contribution in [0.5, 0.6) is 11.5 Å². The molecule has 0 aliphatic heterocycles. The number of methoxy groups -OCH3 is 1. The SMILES string of the molecule is CCN(CC(=O)Nc1ccccc1OC)C(=O)CCCOc1ccc(S(C)(=O)=O)cc1. The van der Waals surface area contributed by atoms with Gasteiger partial charge in [-0.15, -0.1) is 0 Å². The number of nitrogens with zero attached hydrogens (tertiary/aromatic N) is 1. The van der Waals surface area contributed by atoms with Crippen molar-refractivity contribution in [3.8, 4) is 11.5 Å². The molecule has 0 atom stereocenters. The Morgan fingerprint density at radius 3 is 2.35 bits per heavy atom. The van der Waals surface area contributed by atoms with Crippen molar-refractivity contribution in [2.75, 3.05) is 38.4 Å². The van der Waals surface area contributed by atoms with Crippen molar-refractivity contribution in [1.29, 1.82) is 0 Å². The van der Waals surface area contributed by atoms with Crippen molar-refractivity contribution in [3.63, 3.8) is 0 Å². The Labute approximate surface area is 183 Å². The maximum absolute atomic E-state index is 12.5. The maximum atomic E-state index is 12.5. The van der Waals surface area contributed by atoms with Gasteiger partial charge in [-0.3, -0.25) is 9.59 Å². The van der Waals surface area contributed by atoms with E-state index in [9.17, 15) is 18.0 Å². The molecule has 2 aromatic carbocycles. The fourth-order valence-corrected chi connectivity index (χ4v) is 3.47. The maximum Gasteiger partial charge on any atom is 0.244 e. The lowest BCUT2D eigenvalue weighted by Gasteiger charge is -2.21. The average Bonchev–Trinajstić information content (AvgIpc) is 2.75. The minimum Gasteiger partial charge on any atom is -0.495 e. The predicted molar refractivity (Wildman–Crippen MR) is 118 cm³/mol. The average molecular weight is 449 g/mol. The molecule has 0 saturated heterocycles. The predicted octanol–water partition coefficient (Wildman–Crippen LogP) is 2.74. The Bertz CT molecular complexity index is 989. The monoisotopic (exact) mass is 448 g/mol. The van der Waals surface area contributed by atoms with Crippen LogP contribution in [-0.2, 0) is 19.4 Å². The van der Waals surface area contributed by atoms with Crippen molar-refractivity contribution >= 4 is 27.3 Å². The Balaban J connectivity index is 1.78. The number of anilines is 1. The number of hydrogen-bond acceptors (Lipinski definition) is 6. The third-order valence-electron chi connectivity index (χ3n) is 4.51. The molecule has 0 saturated carbocycles. The van der Waals surface area contributed by atoms with Gasteiger partial charge in [0.05, 0.1) is 30.8 Å². The first kappa shape index (κ1) is 24.2. The summed E-state index contributed by atoms with van der Waals surface area (Å²) in [4.78, 5) is 26.5. The van der Waals surface area contributed by atoms with Gasteiger partial charge in [-0.05, 0) is 49.7 Å². The van der Waals surface area contributed by atoms with Crippen LogP contribution in [0.15, 0.2) is 53.4 Å². The number of para-hydroxylation sites is 2. The van der Waals surface area contributed by atoms with E-state index in [0.717, 1.165) is 6.26 Å². The number of hydrogen-bond donors (Lipinski definition) is 1. The lowest BCUT2D eigenvalue weighted by molar-refractivity contribution is -0.134. The van der Waals surface area contributed by atoms with Crippen molar-refractivity contribution in [2.45, 2.75) is 24.7 Å². The summed E-state index contributed by atoms with van der Waals surface area (Å²) in [6.07, 6.45) is 1.85. The highest BCUT2D eigenvalue weighted by molar-refractivity contribution is 7.90. The minimum atomic E-state index is -3.25. The normalized spacial score (nSPS) is 10.9. The fraction of sp³-hybridized carbons (Fsp3) is 0.364. The van der Waals surface area contributed by atoms with Crippen molar-refractivity contribution < 1.29 is 27.5 Å². The molecule has 31 heavy (non-hydrogen) atoms. The number of carbonyl (C=O) groups excluding carboxylic acids is 2. The number of carbonyl (C=O) groups is 2. The van der Waals surface area contributed by atoms with E-state index in [1.807, 2.05) is 6.92 Å². The first-order valence-electron chi connectivity index (χ1n) is 9.88. The standard InChI is InChI=1S/C22H28N2O6S/c1-4-24(16-21(25)23-19-8-5-6-9-20(19)29-2)22(26)10-7-15-30-17-11-13-18(14-12-17)31(3,27)28/h5-6,8-9,11-14H,4,7,10,15-16H2,1-3H3,(H,23,25). The van der Waals surface area contributed by atoms with Gasteiger partial charge >= 0.3 is 0 Å². The second-order valence-corrected chi connectivity index (χ2v) is 8.87. The molecule has 8 nitrogen and oxygen atoms in total. The molecule has 0 heterocycles. The number of ether oxygens (including phenoxy) is 2. The summed E-state index contributed by atoms with van der Waals surface area (Å²) in [5.41, 5.74) is 0.550. The van der Waals surface area contributed by atoms with E-state index in [1.165, 1.54) is 24.1 Å². The van der Waals surface area contributed by atoms with Crippen LogP contribution < -0.4 is 14.8 Å². The van der Waals surface area contributed by atoms with Crippen LogP contribution in [0.4, 0.5) is 5.69 Å². The smallest absolute Gasteiger partial charge is 0.244 e. The molecule has 0 radical (unpaired) electrons. The molecule has 0 aliphatic rings. The van der Waals surface area contributed by atoms with Gasteiger partial charge in [0.15, 0.2) is 9.84 Å². The fourth-order valence-electron chi connectivity index (χ4n) is 2.84. The molecule has 2 amide bonds. The summed E-state index contributed by atoms with van der Waals surface area (Å²) in [5.74, 6) is 0.631. The molecule has 0 unspecified atom stereocenters. The van der Waals surface area contributed by atoms with Gasteiger partial charge < -0.3 is 19.7 Å². The van der Waals surface area contributed by atoms with Crippen LogP contribution in [0, 0.1) is 0 Å². The zero-order valence-corrected chi connectivity index (χ0v) is 18.8. The molecule has 1 N–H and O–H groups in total. The second kappa shape index (κ2) is 11.4. The van der Waals surface area contributed by atoms with Crippen LogP contribution in [-0.4, -0.2) is 58.2 Å². The van der Waals surface area contributed by atoms with Crippen LogP contribution in [0.25, 0.3) is 0 Å². The lowest BCUT2D eigenvalue weighted by atomic mass is 10.2. The Hall–Kier alpha value is -3.07. The molecule has 168 valence electrons. The van der Waals surface area contributed by atoms with E-state index in [0.29, 0.717) is 36.8 Å². The Morgan fingerprint density at radius 2 is 1.74 bits per heavy atom. The number of benzene rings is 2. The first-order valence-corrected chi connectivity index (χ1v) is 11.8. The molecule has 0 spiro atoms. The lowest BCUT2D eigenvalue weighted by Crippen LogP contribution is -2.37. The van der Waals surface area contributed by atoms with Gasteiger partial charge in [0, 0.05) is 19.2 Å². The van der Waals surface area contributed by atoms with E-state index in [1.54, 1.807) is 36.4 Å². The van der Waals surface area contributed by atoms with Crippen molar-refractivity contribution in [2.24, 2.45) is 0 Å². The summed E-state index contributed by atoms with van der Waals surface area (Å²) < 4.78 is 33.7. The van der Waals surface area contributed by atoms with Gasteiger partial charge in [-0.2, -0.15) is 0 Å². The summed E-state index contributed by atoms with van der Waals surface area (Å²) in [5, 5.41) is 2.76. The zero-order chi connectivity index (χ0) is 22.9. The van der Waals surface area contributed by atoms with Crippen LogP contribution in [0.1, 0.15) is 19.8 Å².